The van der Waals surface area contributed by atoms with Crippen molar-refractivity contribution in [1.29, 1.82) is 0 Å². The zero-order chi connectivity index (χ0) is 11.1. The topological polar surface area (TPSA) is 30.2 Å². The minimum absolute atomic E-state index is 0.200. The highest BCUT2D eigenvalue weighted by atomic mass is 35.5. The summed E-state index contributed by atoms with van der Waals surface area (Å²) < 4.78 is 1.95. The first-order valence-electron chi connectivity index (χ1n) is 4.95. The van der Waals surface area contributed by atoms with Crippen molar-refractivity contribution in [2.24, 2.45) is 5.41 Å². The molecule has 2 aromatic heterocycles. The molecule has 0 bridgehead atoms. The highest BCUT2D eigenvalue weighted by Crippen LogP contribution is 2.20. The zero-order valence-corrected chi connectivity index (χ0v) is 9.91. The standard InChI is InChI=1S/C11H14ClN3/c1-11(2,3)6-10-14-13-9-5-4-8(12)7-15(9)10/h4-5,7H,6H2,1-3H3. The molecule has 0 aliphatic carbocycles. The van der Waals surface area contributed by atoms with Crippen LogP contribution in [0.5, 0.6) is 0 Å². The normalized spacial score (nSPS) is 12.3. The molecule has 0 aliphatic rings. The first-order chi connectivity index (χ1) is 6.96. The number of rotatable bonds is 1. The average molecular weight is 224 g/mol. The quantitative estimate of drug-likeness (QED) is 0.744. The summed E-state index contributed by atoms with van der Waals surface area (Å²) in [6.07, 6.45) is 2.74. The Balaban J connectivity index is 2.48. The van der Waals surface area contributed by atoms with E-state index in [0.29, 0.717) is 5.02 Å². The van der Waals surface area contributed by atoms with Gasteiger partial charge in [0.1, 0.15) is 5.82 Å². The second kappa shape index (κ2) is 3.49. The summed E-state index contributed by atoms with van der Waals surface area (Å²) in [7, 11) is 0. The molecular formula is C11H14ClN3. The fourth-order valence-corrected chi connectivity index (χ4v) is 1.67. The van der Waals surface area contributed by atoms with E-state index in [9.17, 15) is 0 Å². The van der Waals surface area contributed by atoms with Crippen LogP contribution in [0.4, 0.5) is 0 Å². The zero-order valence-electron chi connectivity index (χ0n) is 9.16. The van der Waals surface area contributed by atoms with Gasteiger partial charge in [0.2, 0.25) is 0 Å². The predicted octanol–water partition coefficient (Wildman–Crippen LogP) is 2.97. The lowest BCUT2D eigenvalue weighted by atomic mass is 9.92. The van der Waals surface area contributed by atoms with E-state index in [2.05, 4.69) is 31.0 Å². The maximum absolute atomic E-state index is 5.94. The van der Waals surface area contributed by atoms with Crippen LogP contribution in [-0.4, -0.2) is 14.6 Å². The van der Waals surface area contributed by atoms with Crippen molar-refractivity contribution >= 4 is 17.2 Å². The Morgan fingerprint density at radius 3 is 2.67 bits per heavy atom. The maximum atomic E-state index is 5.94. The van der Waals surface area contributed by atoms with Gasteiger partial charge in [-0.15, -0.1) is 10.2 Å². The van der Waals surface area contributed by atoms with Gasteiger partial charge in [-0.05, 0) is 17.5 Å². The molecule has 3 nitrogen and oxygen atoms in total. The monoisotopic (exact) mass is 223 g/mol. The first kappa shape index (κ1) is 10.4. The minimum Gasteiger partial charge on any atom is -0.285 e. The fraction of sp³-hybridized carbons (Fsp3) is 0.455. The lowest BCUT2D eigenvalue weighted by Gasteiger charge is -2.16. The molecule has 0 fully saturated rings. The summed E-state index contributed by atoms with van der Waals surface area (Å²) in [5, 5.41) is 8.98. The Labute approximate surface area is 94.1 Å². The highest BCUT2D eigenvalue weighted by Gasteiger charge is 2.15. The van der Waals surface area contributed by atoms with Gasteiger partial charge < -0.3 is 0 Å². The molecule has 15 heavy (non-hydrogen) atoms. The van der Waals surface area contributed by atoms with Crippen LogP contribution in [0.2, 0.25) is 5.02 Å². The molecule has 2 rings (SSSR count). The van der Waals surface area contributed by atoms with Crippen LogP contribution in [0.1, 0.15) is 26.6 Å². The van der Waals surface area contributed by atoms with Gasteiger partial charge in [-0.2, -0.15) is 0 Å². The van der Waals surface area contributed by atoms with Crippen LogP contribution < -0.4 is 0 Å². The molecule has 0 spiro atoms. The van der Waals surface area contributed by atoms with Gasteiger partial charge in [0, 0.05) is 12.6 Å². The van der Waals surface area contributed by atoms with E-state index in [1.165, 1.54) is 0 Å². The first-order valence-corrected chi connectivity index (χ1v) is 5.33. The fourth-order valence-electron chi connectivity index (χ4n) is 1.51. The third-order valence-electron chi connectivity index (χ3n) is 2.13. The number of hydrogen-bond donors (Lipinski definition) is 0. The van der Waals surface area contributed by atoms with Crippen LogP contribution in [0, 0.1) is 5.41 Å². The van der Waals surface area contributed by atoms with Crippen molar-refractivity contribution in [2.45, 2.75) is 27.2 Å². The molecule has 0 unspecified atom stereocenters. The van der Waals surface area contributed by atoms with Gasteiger partial charge in [0.05, 0.1) is 5.02 Å². The molecule has 0 atom stereocenters. The van der Waals surface area contributed by atoms with E-state index < -0.39 is 0 Å². The molecule has 0 saturated heterocycles. The molecule has 2 heterocycles. The van der Waals surface area contributed by atoms with Crippen LogP contribution in [0.3, 0.4) is 0 Å². The van der Waals surface area contributed by atoms with Crippen molar-refractivity contribution in [3.05, 3.63) is 29.2 Å². The molecule has 0 radical (unpaired) electrons. The summed E-state index contributed by atoms with van der Waals surface area (Å²) >= 11 is 5.94. The number of hydrogen-bond acceptors (Lipinski definition) is 2. The van der Waals surface area contributed by atoms with Gasteiger partial charge in [-0.25, -0.2) is 0 Å². The average Bonchev–Trinajstić information content (AvgIpc) is 2.46. The maximum Gasteiger partial charge on any atom is 0.160 e. The van der Waals surface area contributed by atoms with Gasteiger partial charge >= 0.3 is 0 Å². The van der Waals surface area contributed by atoms with Crippen LogP contribution >= 0.6 is 11.6 Å². The summed E-state index contributed by atoms with van der Waals surface area (Å²) in [6, 6.07) is 3.70. The summed E-state index contributed by atoms with van der Waals surface area (Å²) in [4.78, 5) is 0. The SMILES string of the molecule is CC(C)(C)Cc1nnc2ccc(Cl)cn12. The molecule has 0 aliphatic heterocycles. The van der Waals surface area contributed by atoms with Gasteiger partial charge in [0.25, 0.3) is 0 Å². The summed E-state index contributed by atoms with van der Waals surface area (Å²) in [5.74, 6) is 0.958. The summed E-state index contributed by atoms with van der Waals surface area (Å²) in [5.41, 5.74) is 1.05. The lowest BCUT2D eigenvalue weighted by Crippen LogP contribution is -2.11. The highest BCUT2D eigenvalue weighted by molar-refractivity contribution is 6.30. The number of fused-ring (bicyclic) bond motifs is 1. The lowest BCUT2D eigenvalue weighted by molar-refractivity contribution is 0.399. The second-order valence-electron chi connectivity index (χ2n) is 4.93. The third-order valence-corrected chi connectivity index (χ3v) is 2.35. The largest absolute Gasteiger partial charge is 0.285 e. The molecule has 0 aromatic carbocycles. The second-order valence-corrected chi connectivity index (χ2v) is 5.37. The molecule has 0 N–H and O–H groups in total. The van der Waals surface area contributed by atoms with Crippen LogP contribution in [0.15, 0.2) is 18.3 Å². The summed E-state index contributed by atoms with van der Waals surface area (Å²) in [6.45, 7) is 6.54. The van der Waals surface area contributed by atoms with E-state index in [0.717, 1.165) is 17.9 Å². The van der Waals surface area contributed by atoms with Crippen molar-refractivity contribution in [3.8, 4) is 0 Å². The molecule has 0 amide bonds. The molecule has 80 valence electrons. The van der Waals surface area contributed by atoms with Gasteiger partial charge in [-0.1, -0.05) is 32.4 Å². The number of halogens is 1. The Bertz CT molecular complexity index is 482. The Morgan fingerprint density at radius 2 is 2.00 bits per heavy atom. The predicted molar refractivity (Wildman–Crippen MR) is 61.2 cm³/mol. The minimum atomic E-state index is 0.200. The van der Waals surface area contributed by atoms with E-state index in [1.807, 2.05) is 22.7 Å². The smallest absolute Gasteiger partial charge is 0.160 e. The van der Waals surface area contributed by atoms with Crippen molar-refractivity contribution in [3.63, 3.8) is 0 Å². The van der Waals surface area contributed by atoms with Crippen LogP contribution in [-0.2, 0) is 6.42 Å². The molecule has 2 aromatic rings. The van der Waals surface area contributed by atoms with Gasteiger partial charge in [-0.3, -0.25) is 4.40 Å². The van der Waals surface area contributed by atoms with Gasteiger partial charge in [0.15, 0.2) is 5.65 Å². The Morgan fingerprint density at radius 1 is 1.27 bits per heavy atom. The van der Waals surface area contributed by atoms with E-state index in [1.54, 1.807) is 0 Å². The number of aromatic nitrogens is 3. The van der Waals surface area contributed by atoms with E-state index in [4.69, 9.17) is 11.6 Å². The van der Waals surface area contributed by atoms with Crippen molar-refractivity contribution in [1.82, 2.24) is 14.6 Å². The molecular weight excluding hydrogens is 210 g/mol. The Kier molecular flexibility index (Phi) is 2.43. The van der Waals surface area contributed by atoms with Crippen molar-refractivity contribution in [2.75, 3.05) is 0 Å². The Hall–Kier alpha value is -1.09. The van der Waals surface area contributed by atoms with E-state index >= 15 is 0 Å². The molecule has 0 saturated carbocycles. The van der Waals surface area contributed by atoms with Crippen molar-refractivity contribution < 1.29 is 0 Å². The van der Waals surface area contributed by atoms with Crippen LogP contribution in [0.25, 0.3) is 5.65 Å². The number of nitrogens with zero attached hydrogens (tertiary/aromatic N) is 3. The number of pyridine rings is 1. The molecule has 4 heteroatoms. The van der Waals surface area contributed by atoms with E-state index in [-0.39, 0.29) is 5.41 Å². The third kappa shape index (κ3) is 2.29.